The van der Waals surface area contributed by atoms with E-state index < -0.39 is 0 Å². The molecule has 1 aromatic heterocycles. The van der Waals surface area contributed by atoms with Crippen molar-refractivity contribution < 1.29 is 14.0 Å². The average molecular weight is 388 g/mol. The smallest absolute Gasteiger partial charge is 0.236 e. The summed E-state index contributed by atoms with van der Waals surface area (Å²) in [4.78, 5) is 31.9. The molecule has 1 aliphatic carbocycles. The van der Waals surface area contributed by atoms with Gasteiger partial charge in [-0.3, -0.25) is 14.5 Å². The van der Waals surface area contributed by atoms with Crippen molar-refractivity contribution in [3.8, 4) is 0 Å². The van der Waals surface area contributed by atoms with E-state index in [2.05, 4.69) is 4.90 Å². The maximum Gasteiger partial charge on any atom is 0.236 e. The summed E-state index contributed by atoms with van der Waals surface area (Å²) < 4.78 is 5.53. The molecule has 1 saturated carbocycles. The van der Waals surface area contributed by atoms with E-state index in [-0.39, 0.29) is 11.8 Å². The predicted octanol–water partition coefficient (Wildman–Crippen LogP) is 2.89. The third-order valence-corrected chi connectivity index (χ3v) is 6.73. The monoisotopic (exact) mass is 387 g/mol. The fourth-order valence-corrected chi connectivity index (χ4v) is 5.03. The van der Waals surface area contributed by atoms with Crippen molar-refractivity contribution in [1.29, 1.82) is 0 Å². The molecular formula is C22H33N3O3. The minimum atomic E-state index is 0.108. The van der Waals surface area contributed by atoms with E-state index >= 15 is 0 Å². The topological polar surface area (TPSA) is 57.0 Å². The van der Waals surface area contributed by atoms with Crippen molar-refractivity contribution in [3.05, 3.63) is 24.2 Å². The van der Waals surface area contributed by atoms with Crippen LogP contribution in [0.15, 0.2) is 22.8 Å². The molecule has 3 fully saturated rings. The minimum Gasteiger partial charge on any atom is -0.468 e. The van der Waals surface area contributed by atoms with Gasteiger partial charge in [0.05, 0.1) is 19.4 Å². The molecule has 0 unspecified atom stereocenters. The predicted molar refractivity (Wildman–Crippen MR) is 106 cm³/mol. The van der Waals surface area contributed by atoms with Crippen LogP contribution >= 0.6 is 0 Å². The molecule has 3 aliphatic rings. The Morgan fingerprint density at radius 1 is 0.964 bits per heavy atom. The van der Waals surface area contributed by atoms with Crippen molar-refractivity contribution in [1.82, 2.24) is 14.7 Å². The van der Waals surface area contributed by atoms with Crippen LogP contribution in [0.1, 0.15) is 57.1 Å². The molecule has 1 aromatic rings. The Morgan fingerprint density at radius 3 is 2.32 bits per heavy atom. The SMILES string of the molecule is O=C(CN(Cc1ccco1)C1CCCC1)N1CCC(C(=O)N2CCCC2)CC1. The highest BCUT2D eigenvalue weighted by atomic mass is 16.3. The third kappa shape index (κ3) is 4.59. The number of hydrogen-bond donors (Lipinski definition) is 0. The lowest BCUT2D eigenvalue weighted by Gasteiger charge is -2.35. The Balaban J connectivity index is 1.30. The molecule has 0 radical (unpaired) electrons. The van der Waals surface area contributed by atoms with E-state index in [1.165, 1.54) is 25.7 Å². The van der Waals surface area contributed by atoms with Gasteiger partial charge >= 0.3 is 0 Å². The molecule has 2 amide bonds. The van der Waals surface area contributed by atoms with Gasteiger partial charge in [-0.05, 0) is 50.7 Å². The van der Waals surface area contributed by atoms with Gasteiger partial charge in [0.2, 0.25) is 11.8 Å². The van der Waals surface area contributed by atoms with E-state index in [1.54, 1.807) is 6.26 Å². The highest BCUT2D eigenvalue weighted by Crippen LogP contribution is 2.26. The summed E-state index contributed by atoms with van der Waals surface area (Å²) in [6.45, 7) is 4.41. The van der Waals surface area contributed by atoms with E-state index in [0.29, 0.717) is 38.1 Å². The molecule has 28 heavy (non-hydrogen) atoms. The second-order valence-corrected chi connectivity index (χ2v) is 8.61. The summed E-state index contributed by atoms with van der Waals surface area (Å²) in [5.74, 6) is 1.55. The largest absolute Gasteiger partial charge is 0.468 e. The van der Waals surface area contributed by atoms with Gasteiger partial charge in [-0.1, -0.05) is 12.8 Å². The summed E-state index contributed by atoms with van der Waals surface area (Å²) in [5.41, 5.74) is 0. The maximum absolute atomic E-state index is 13.0. The molecule has 2 aliphatic heterocycles. The maximum atomic E-state index is 13.0. The van der Waals surface area contributed by atoms with Crippen molar-refractivity contribution in [3.63, 3.8) is 0 Å². The van der Waals surface area contributed by atoms with Crippen LogP contribution in [0.4, 0.5) is 0 Å². The Morgan fingerprint density at radius 2 is 1.68 bits per heavy atom. The first-order valence-electron chi connectivity index (χ1n) is 11.0. The van der Waals surface area contributed by atoms with Gasteiger partial charge in [0.15, 0.2) is 0 Å². The zero-order valence-corrected chi connectivity index (χ0v) is 16.9. The van der Waals surface area contributed by atoms with E-state index in [1.807, 2.05) is 21.9 Å². The standard InChI is InChI=1S/C22H33N3O3/c26-21(17-25(19-6-1-2-7-19)16-20-8-5-15-28-20)23-13-9-18(10-14-23)22(27)24-11-3-4-12-24/h5,8,15,18-19H,1-4,6-7,9-14,16-17H2. The summed E-state index contributed by atoms with van der Waals surface area (Å²) in [5, 5.41) is 0. The number of piperidine rings is 1. The molecule has 3 heterocycles. The van der Waals surface area contributed by atoms with Crippen LogP contribution in [-0.2, 0) is 16.1 Å². The zero-order valence-electron chi connectivity index (χ0n) is 16.9. The first-order chi connectivity index (χ1) is 13.7. The molecule has 6 heteroatoms. The summed E-state index contributed by atoms with van der Waals surface area (Å²) in [6.07, 6.45) is 10.4. The average Bonchev–Trinajstić information content (AvgIpc) is 3.50. The first kappa shape index (κ1) is 19.5. The number of hydrogen-bond acceptors (Lipinski definition) is 4. The van der Waals surface area contributed by atoms with E-state index in [4.69, 9.17) is 4.42 Å². The van der Waals surface area contributed by atoms with Gasteiger partial charge in [0.1, 0.15) is 5.76 Å². The molecule has 0 N–H and O–H groups in total. The van der Waals surface area contributed by atoms with Crippen LogP contribution in [0.25, 0.3) is 0 Å². The fraction of sp³-hybridized carbons (Fsp3) is 0.727. The lowest BCUT2D eigenvalue weighted by Crippen LogP contribution is -2.48. The Bertz CT molecular complexity index is 640. The van der Waals surface area contributed by atoms with Gasteiger partial charge < -0.3 is 14.2 Å². The molecular weight excluding hydrogens is 354 g/mol. The lowest BCUT2D eigenvalue weighted by atomic mass is 9.95. The normalized spacial score (nSPS) is 21.8. The number of carbonyl (C=O) groups excluding carboxylic acids is 2. The van der Waals surface area contributed by atoms with Crippen LogP contribution in [0.5, 0.6) is 0 Å². The van der Waals surface area contributed by atoms with Gasteiger partial charge in [-0.2, -0.15) is 0 Å². The van der Waals surface area contributed by atoms with Crippen molar-refractivity contribution >= 4 is 11.8 Å². The Labute approximate surface area is 167 Å². The molecule has 154 valence electrons. The lowest BCUT2D eigenvalue weighted by molar-refractivity contribution is -0.140. The van der Waals surface area contributed by atoms with Gasteiger partial charge in [-0.15, -0.1) is 0 Å². The number of rotatable bonds is 6. The van der Waals surface area contributed by atoms with Gasteiger partial charge in [-0.25, -0.2) is 0 Å². The highest BCUT2D eigenvalue weighted by Gasteiger charge is 2.32. The van der Waals surface area contributed by atoms with Gasteiger partial charge in [0, 0.05) is 38.1 Å². The van der Waals surface area contributed by atoms with Crippen molar-refractivity contribution in [2.24, 2.45) is 5.92 Å². The van der Waals surface area contributed by atoms with Crippen LogP contribution in [-0.4, -0.2) is 65.3 Å². The zero-order chi connectivity index (χ0) is 19.3. The number of nitrogens with zero attached hydrogens (tertiary/aromatic N) is 3. The highest BCUT2D eigenvalue weighted by molar-refractivity contribution is 5.81. The van der Waals surface area contributed by atoms with Crippen LogP contribution in [0.3, 0.4) is 0 Å². The molecule has 0 spiro atoms. The number of likely N-dealkylation sites (tertiary alicyclic amines) is 2. The van der Waals surface area contributed by atoms with Crippen LogP contribution in [0, 0.1) is 5.92 Å². The molecule has 2 saturated heterocycles. The van der Waals surface area contributed by atoms with E-state index in [9.17, 15) is 9.59 Å². The summed E-state index contributed by atoms with van der Waals surface area (Å²) >= 11 is 0. The quantitative estimate of drug-likeness (QED) is 0.753. The molecule has 6 nitrogen and oxygen atoms in total. The molecule has 0 bridgehead atoms. The van der Waals surface area contributed by atoms with Crippen LogP contribution in [0.2, 0.25) is 0 Å². The van der Waals surface area contributed by atoms with E-state index in [0.717, 1.165) is 44.5 Å². The van der Waals surface area contributed by atoms with Crippen molar-refractivity contribution in [2.75, 3.05) is 32.7 Å². The number of furan rings is 1. The second-order valence-electron chi connectivity index (χ2n) is 8.61. The molecule has 0 aromatic carbocycles. The fourth-order valence-electron chi connectivity index (χ4n) is 5.03. The Kier molecular flexibility index (Phi) is 6.35. The van der Waals surface area contributed by atoms with Crippen LogP contribution < -0.4 is 0 Å². The van der Waals surface area contributed by atoms with Gasteiger partial charge in [0.25, 0.3) is 0 Å². The molecule has 4 rings (SSSR count). The summed E-state index contributed by atoms with van der Waals surface area (Å²) in [6, 6.07) is 4.37. The molecule has 0 atom stereocenters. The number of carbonyl (C=O) groups is 2. The summed E-state index contributed by atoms with van der Waals surface area (Å²) in [7, 11) is 0. The first-order valence-corrected chi connectivity index (χ1v) is 11.0. The number of amides is 2. The third-order valence-electron chi connectivity index (χ3n) is 6.73. The minimum absolute atomic E-state index is 0.108. The van der Waals surface area contributed by atoms with Crippen molar-refractivity contribution in [2.45, 2.75) is 64.0 Å². The second kappa shape index (κ2) is 9.12. The Hall–Kier alpha value is -1.82.